The quantitative estimate of drug-likeness (QED) is 0.489. The molecule has 12 heavy (non-hydrogen) atoms. The molecule has 0 bridgehead atoms. The molecular weight excluding hydrogens is 192 g/mol. The van der Waals surface area contributed by atoms with Crippen molar-refractivity contribution in [3.05, 3.63) is 30.1 Å². The van der Waals surface area contributed by atoms with Crippen LogP contribution in [0, 0.1) is 11.9 Å². The highest BCUT2D eigenvalue weighted by atomic mass is 32.2. The van der Waals surface area contributed by atoms with E-state index in [1.807, 2.05) is 0 Å². The number of benzene rings is 1. The lowest BCUT2D eigenvalue weighted by atomic mass is 10.4. The smallest absolute Gasteiger partial charge is 0.206 e. The first kappa shape index (κ1) is 9.38. The SMILES string of the molecule is Fc1[c]ccc(SC(F)(F)F)c1. The summed E-state index contributed by atoms with van der Waals surface area (Å²) in [5.41, 5.74) is -4.37. The lowest BCUT2D eigenvalue weighted by Crippen LogP contribution is -1.98. The molecule has 0 aliphatic heterocycles. The van der Waals surface area contributed by atoms with Crippen molar-refractivity contribution in [3.63, 3.8) is 0 Å². The van der Waals surface area contributed by atoms with Crippen LogP contribution in [0.4, 0.5) is 17.6 Å². The van der Waals surface area contributed by atoms with Gasteiger partial charge >= 0.3 is 5.51 Å². The highest BCUT2D eigenvalue weighted by molar-refractivity contribution is 8.00. The molecule has 0 aliphatic carbocycles. The van der Waals surface area contributed by atoms with Gasteiger partial charge in [-0.3, -0.25) is 0 Å². The van der Waals surface area contributed by atoms with E-state index in [2.05, 4.69) is 6.07 Å². The largest absolute Gasteiger partial charge is 0.446 e. The lowest BCUT2D eigenvalue weighted by Gasteiger charge is -2.04. The normalized spacial score (nSPS) is 11.7. The van der Waals surface area contributed by atoms with Gasteiger partial charge in [0.25, 0.3) is 0 Å². The third-order valence-electron chi connectivity index (χ3n) is 0.971. The van der Waals surface area contributed by atoms with Crippen LogP contribution in [-0.2, 0) is 0 Å². The van der Waals surface area contributed by atoms with E-state index in [9.17, 15) is 17.6 Å². The number of thioether (sulfide) groups is 1. The van der Waals surface area contributed by atoms with Gasteiger partial charge in [0.05, 0.1) is 0 Å². The molecule has 1 aromatic carbocycles. The summed E-state index contributed by atoms with van der Waals surface area (Å²) in [6.45, 7) is 0. The Hall–Kier alpha value is -0.710. The van der Waals surface area contributed by atoms with E-state index in [-0.39, 0.29) is 16.7 Å². The fraction of sp³-hybridized carbons (Fsp3) is 0.143. The van der Waals surface area contributed by atoms with Crippen LogP contribution in [0.15, 0.2) is 23.1 Å². The third kappa shape index (κ3) is 3.13. The van der Waals surface area contributed by atoms with Crippen LogP contribution in [-0.4, -0.2) is 5.51 Å². The fourth-order valence-electron chi connectivity index (χ4n) is 0.615. The molecule has 0 unspecified atom stereocenters. The van der Waals surface area contributed by atoms with Gasteiger partial charge in [0.1, 0.15) is 5.82 Å². The van der Waals surface area contributed by atoms with Crippen LogP contribution in [0.5, 0.6) is 0 Å². The first-order chi connectivity index (χ1) is 5.47. The van der Waals surface area contributed by atoms with Crippen LogP contribution in [0.2, 0.25) is 0 Å². The second-order valence-corrected chi connectivity index (χ2v) is 3.06. The predicted octanol–water partition coefficient (Wildman–Crippen LogP) is 3.24. The Morgan fingerprint density at radius 3 is 2.50 bits per heavy atom. The minimum atomic E-state index is -4.37. The molecule has 0 amide bonds. The van der Waals surface area contributed by atoms with E-state index in [1.165, 1.54) is 0 Å². The molecular formula is C7H3F4S. The number of hydrogen-bond donors (Lipinski definition) is 0. The summed E-state index contributed by atoms with van der Waals surface area (Å²) in [5, 5.41) is 0. The van der Waals surface area contributed by atoms with E-state index in [0.717, 1.165) is 18.2 Å². The maximum absolute atomic E-state index is 12.3. The molecule has 0 fully saturated rings. The van der Waals surface area contributed by atoms with Crippen molar-refractivity contribution in [1.29, 1.82) is 0 Å². The van der Waals surface area contributed by atoms with Gasteiger partial charge in [-0.15, -0.1) is 0 Å². The standard InChI is InChI=1S/C7H3F4S/c8-5-2-1-3-6(4-5)12-7(9,10)11/h1,3-4H. The molecule has 1 radical (unpaired) electrons. The Kier molecular flexibility index (Phi) is 2.62. The lowest BCUT2D eigenvalue weighted by molar-refractivity contribution is -0.0328. The van der Waals surface area contributed by atoms with Crippen LogP contribution in [0.1, 0.15) is 0 Å². The molecule has 0 saturated heterocycles. The van der Waals surface area contributed by atoms with Crippen LogP contribution in [0.3, 0.4) is 0 Å². The highest BCUT2D eigenvalue weighted by Gasteiger charge is 2.29. The van der Waals surface area contributed by atoms with Crippen LogP contribution in [0.25, 0.3) is 0 Å². The summed E-state index contributed by atoms with van der Waals surface area (Å²) in [7, 11) is 0. The molecule has 1 aromatic rings. The van der Waals surface area contributed by atoms with Crippen molar-refractivity contribution in [2.75, 3.05) is 0 Å². The van der Waals surface area contributed by atoms with Crippen molar-refractivity contribution in [3.8, 4) is 0 Å². The summed E-state index contributed by atoms with van der Waals surface area (Å²) in [6.07, 6.45) is 0. The predicted molar refractivity (Wildman–Crippen MR) is 37.1 cm³/mol. The molecule has 0 spiro atoms. The van der Waals surface area contributed by atoms with Gasteiger partial charge in [0, 0.05) is 11.0 Å². The summed E-state index contributed by atoms with van der Waals surface area (Å²) < 4.78 is 47.4. The van der Waals surface area contributed by atoms with Gasteiger partial charge < -0.3 is 0 Å². The molecule has 5 heteroatoms. The minimum Gasteiger partial charge on any atom is -0.206 e. The first-order valence-electron chi connectivity index (χ1n) is 2.90. The monoisotopic (exact) mass is 195 g/mol. The topological polar surface area (TPSA) is 0 Å². The minimum absolute atomic E-state index is 0.168. The van der Waals surface area contributed by atoms with Gasteiger partial charge in [-0.25, -0.2) is 4.39 Å². The van der Waals surface area contributed by atoms with E-state index in [0.29, 0.717) is 0 Å². The van der Waals surface area contributed by atoms with Crippen molar-refractivity contribution in [1.82, 2.24) is 0 Å². The van der Waals surface area contributed by atoms with E-state index in [4.69, 9.17) is 0 Å². The van der Waals surface area contributed by atoms with E-state index < -0.39 is 11.3 Å². The molecule has 65 valence electrons. The van der Waals surface area contributed by atoms with Crippen molar-refractivity contribution < 1.29 is 17.6 Å². The van der Waals surface area contributed by atoms with Crippen LogP contribution < -0.4 is 0 Å². The number of halogens is 4. The molecule has 0 saturated carbocycles. The Bertz CT molecular complexity index is 268. The van der Waals surface area contributed by atoms with Crippen LogP contribution >= 0.6 is 11.8 Å². The number of rotatable bonds is 1. The fourth-order valence-corrected chi connectivity index (χ4v) is 1.18. The molecule has 0 aromatic heterocycles. The zero-order valence-corrected chi connectivity index (χ0v) is 6.47. The van der Waals surface area contributed by atoms with Gasteiger partial charge in [0.2, 0.25) is 0 Å². The Balaban J connectivity index is 2.77. The zero-order chi connectivity index (χ0) is 9.19. The van der Waals surface area contributed by atoms with Crippen molar-refractivity contribution in [2.24, 2.45) is 0 Å². The Morgan fingerprint density at radius 2 is 2.00 bits per heavy atom. The number of alkyl halides is 3. The molecule has 0 atom stereocenters. The van der Waals surface area contributed by atoms with Gasteiger partial charge in [0.15, 0.2) is 0 Å². The summed E-state index contributed by atoms with van der Waals surface area (Å²) in [4.78, 5) is -0.168. The second-order valence-electron chi connectivity index (χ2n) is 1.92. The van der Waals surface area contributed by atoms with Crippen molar-refractivity contribution >= 4 is 11.8 Å². The molecule has 0 heterocycles. The number of hydrogen-bond acceptors (Lipinski definition) is 1. The second kappa shape index (κ2) is 3.35. The molecule has 0 aliphatic rings. The van der Waals surface area contributed by atoms with E-state index >= 15 is 0 Å². The van der Waals surface area contributed by atoms with Gasteiger partial charge in [-0.2, -0.15) is 13.2 Å². The summed E-state index contributed by atoms with van der Waals surface area (Å²) in [6, 6.07) is 5.17. The average Bonchev–Trinajstić information content (AvgIpc) is 1.82. The maximum atomic E-state index is 12.3. The van der Waals surface area contributed by atoms with Gasteiger partial charge in [-0.05, 0) is 23.9 Å². The third-order valence-corrected chi connectivity index (χ3v) is 1.69. The summed E-state index contributed by atoms with van der Waals surface area (Å²) >= 11 is -0.345. The Labute approximate surface area is 70.6 Å². The molecule has 0 N–H and O–H groups in total. The molecule has 0 nitrogen and oxygen atoms in total. The van der Waals surface area contributed by atoms with E-state index in [1.54, 1.807) is 0 Å². The van der Waals surface area contributed by atoms with Gasteiger partial charge in [-0.1, -0.05) is 6.07 Å². The maximum Gasteiger partial charge on any atom is 0.446 e. The average molecular weight is 195 g/mol. The Morgan fingerprint density at radius 1 is 1.33 bits per heavy atom. The first-order valence-corrected chi connectivity index (χ1v) is 3.72. The zero-order valence-electron chi connectivity index (χ0n) is 5.65. The summed E-state index contributed by atoms with van der Waals surface area (Å²) in [5.74, 6) is -0.788. The molecule has 1 rings (SSSR count). The highest BCUT2D eigenvalue weighted by Crippen LogP contribution is 2.36. The van der Waals surface area contributed by atoms with Crippen molar-refractivity contribution in [2.45, 2.75) is 10.4 Å².